The van der Waals surface area contributed by atoms with E-state index < -0.39 is 15.6 Å². The van der Waals surface area contributed by atoms with Gasteiger partial charge in [-0.3, -0.25) is 4.79 Å². The number of ether oxygens (including phenoxy) is 1. The second-order valence-corrected chi connectivity index (χ2v) is 9.27. The highest BCUT2D eigenvalue weighted by Gasteiger charge is 2.39. The molecule has 2 aromatic rings. The lowest BCUT2D eigenvalue weighted by atomic mass is 9.88. The number of carbonyl (C=O) groups excluding carboxylic acids is 1. The molecule has 0 atom stereocenters. The second-order valence-electron chi connectivity index (χ2n) is 7.50. The number of methoxy groups -OCH3 is 1. The predicted molar refractivity (Wildman–Crippen MR) is 109 cm³/mol. The third kappa shape index (κ3) is 5.24. The summed E-state index contributed by atoms with van der Waals surface area (Å²) in [4.78, 5) is 17.5. The zero-order valence-electron chi connectivity index (χ0n) is 17.3. The molecule has 0 aliphatic heterocycles. The molecule has 1 heterocycles. The summed E-state index contributed by atoms with van der Waals surface area (Å²) in [5.74, 6) is 0.658. The molecule has 1 fully saturated rings. The molecule has 1 amide bonds. The van der Waals surface area contributed by atoms with E-state index >= 15 is 0 Å². The Morgan fingerprint density at radius 1 is 1.17 bits per heavy atom. The number of hydrogen-bond donors (Lipinski definition) is 2. The van der Waals surface area contributed by atoms with Gasteiger partial charge in [0.2, 0.25) is 15.9 Å². The van der Waals surface area contributed by atoms with Gasteiger partial charge in [0.15, 0.2) is 5.82 Å². The number of rotatable bonds is 8. The number of nitrogens with zero attached hydrogens (tertiary/aromatic N) is 2. The highest BCUT2D eigenvalue weighted by molar-refractivity contribution is 7.89. The van der Waals surface area contributed by atoms with Gasteiger partial charge >= 0.3 is 0 Å². The molecule has 164 valence electrons. The summed E-state index contributed by atoms with van der Waals surface area (Å²) in [6, 6.07) is 5.85. The Balaban J connectivity index is 1.78. The van der Waals surface area contributed by atoms with Gasteiger partial charge in [-0.25, -0.2) is 13.1 Å². The van der Waals surface area contributed by atoms with Crippen LogP contribution >= 0.6 is 0 Å². The number of hydrogen-bond acceptors (Lipinski definition) is 7. The molecule has 2 N–H and O–H groups in total. The van der Waals surface area contributed by atoms with Gasteiger partial charge in [0.05, 0.1) is 11.5 Å². The Bertz CT molecular complexity index is 948. The van der Waals surface area contributed by atoms with Crippen LogP contribution in [0, 0.1) is 6.92 Å². The molecule has 0 spiro atoms. The van der Waals surface area contributed by atoms with Crippen molar-refractivity contribution in [2.24, 2.45) is 0 Å². The Hall–Kier alpha value is -2.30. The molecule has 1 aromatic heterocycles. The minimum absolute atomic E-state index is 0.0909. The van der Waals surface area contributed by atoms with Crippen molar-refractivity contribution in [3.05, 3.63) is 41.5 Å². The SMILES string of the molecule is COCCNS(=O)(=O)c1ccc(C(=O)NC2(c3noc(C)n3)CCCCCC2)cc1. The van der Waals surface area contributed by atoms with Crippen LogP contribution in [0.4, 0.5) is 0 Å². The average molecular weight is 437 g/mol. The molecule has 1 aliphatic carbocycles. The lowest BCUT2D eigenvalue weighted by Gasteiger charge is -2.30. The van der Waals surface area contributed by atoms with Gasteiger partial charge in [0, 0.05) is 26.1 Å². The van der Waals surface area contributed by atoms with E-state index in [0.29, 0.717) is 17.3 Å². The molecule has 0 radical (unpaired) electrons. The Kier molecular flexibility index (Phi) is 7.22. The van der Waals surface area contributed by atoms with Crippen LogP contribution in [0.15, 0.2) is 33.7 Å². The van der Waals surface area contributed by atoms with Crippen LogP contribution in [-0.2, 0) is 20.3 Å². The zero-order chi connectivity index (χ0) is 21.6. The number of carbonyl (C=O) groups is 1. The summed E-state index contributed by atoms with van der Waals surface area (Å²) in [5.41, 5.74) is -0.313. The maximum Gasteiger partial charge on any atom is 0.252 e. The van der Waals surface area contributed by atoms with Crippen LogP contribution in [-0.4, -0.2) is 44.7 Å². The third-order valence-corrected chi connectivity index (χ3v) is 6.77. The largest absolute Gasteiger partial charge is 0.383 e. The van der Waals surface area contributed by atoms with Crippen molar-refractivity contribution in [2.75, 3.05) is 20.3 Å². The maximum atomic E-state index is 13.0. The first kappa shape index (κ1) is 22.4. The molecule has 1 aliphatic rings. The van der Waals surface area contributed by atoms with Crippen molar-refractivity contribution < 1.29 is 22.5 Å². The zero-order valence-corrected chi connectivity index (χ0v) is 18.1. The fourth-order valence-electron chi connectivity index (χ4n) is 3.67. The first-order chi connectivity index (χ1) is 14.4. The van der Waals surface area contributed by atoms with Crippen molar-refractivity contribution in [3.8, 4) is 0 Å². The number of nitrogens with one attached hydrogen (secondary N) is 2. The third-order valence-electron chi connectivity index (χ3n) is 5.29. The van der Waals surface area contributed by atoms with E-state index in [9.17, 15) is 13.2 Å². The number of aromatic nitrogens is 2. The van der Waals surface area contributed by atoms with E-state index in [1.54, 1.807) is 6.92 Å². The number of aryl methyl sites for hydroxylation is 1. The molecular weight excluding hydrogens is 408 g/mol. The summed E-state index contributed by atoms with van der Waals surface area (Å²) >= 11 is 0. The number of sulfonamides is 1. The molecule has 0 unspecified atom stereocenters. The first-order valence-corrected chi connectivity index (χ1v) is 11.6. The molecule has 1 aromatic carbocycles. The second kappa shape index (κ2) is 9.67. The van der Waals surface area contributed by atoms with Gasteiger partial charge in [-0.05, 0) is 37.1 Å². The quantitative estimate of drug-likeness (QED) is 0.481. The molecular formula is C20H28N4O5S. The van der Waals surface area contributed by atoms with Crippen LogP contribution < -0.4 is 10.0 Å². The van der Waals surface area contributed by atoms with E-state index in [1.807, 2.05) is 0 Å². The molecule has 0 saturated heterocycles. The van der Waals surface area contributed by atoms with E-state index in [0.717, 1.165) is 38.5 Å². The topological polar surface area (TPSA) is 123 Å². The number of amides is 1. The van der Waals surface area contributed by atoms with Gasteiger partial charge in [-0.2, -0.15) is 4.98 Å². The Morgan fingerprint density at radius 3 is 2.40 bits per heavy atom. The van der Waals surface area contributed by atoms with Crippen molar-refractivity contribution >= 4 is 15.9 Å². The Labute approximate surface area is 176 Å². The monoisotopic (exact) mass is 436 g/mol. The number of benzene rings is 1. The van der Waals surface area contributed by atoms with Crippen molar-refractivity contribution in [2.45, 2.75) is 55.9 Å². The van der Waals surface area contributed by atoms with Gasteiger partial charge in [-0.15, -0.1) is 0 Å². The summed E-state index contributed by atoms with van der Waals surface area (Å²) < 4.78 is 37.0. The smallest absolute Gasteiger partial charge is 0.252 e. The van der Waals surface area contributed by atoms with Gasteiger partial charge in [0.25, 0.3) is 5.91 Å². The summed E-state index contributed by atoms with van der Waals surface area (Å²) in [6.45, 7) is 2.17. The maximum absolute atomic E-state index is 13.0. The van der Waals surface area contributed by atoms with Crippen LogP contribution in [0.5, 0.6) is 0 Å². The Morgan fingerprint density at radius 2 is 1.83 bits per heavy atom. The molecule has 30 heavy (non-hydrogen) atoms. The van der Waals surface area contributed by atoms with Gasteiger partial charge in [-0.1, -0.05) is 30.8 Å². The fraction of sp³-hybridized carbons (Fsp3) is 0.550. The lowest BCUT2D eigenvalue weighted by Crippen LogP contribution is -2.46. The molecule has 1 saturated carbocycles. The van der Waals surface area contributed by atoms with Gasteiger partial charge in [0.1, 0.15) is 5.54 Å². The van der Waals surface area contributed by atoms with Crippen LogP contribution in [0.25, 0.3) is 0 Å². The van der Waals surface area contributed by atoms with Crippen molar-refractivity contribution in [3.63, 3.8) is 0 Å². The highest BCUT2D eigenvalue weighted by atomic mass is 32.2. The summed E-state index contributed by atoms with van der Waals surface area (Å²) in [7, 11) is -2.15. The standard InChI is InChI=1S/C20H28N4O5S/c1-15-22-19(24-29-15)20(11-5-3-4-6-12-20)23-18(25)16-7-9-17(10-8-16)30(26,27)21-13-14-28-2/h7-10,21H,3-6,11-14H2,1-2H3,(H,23,25). The average Bonchev–Trinajstić information content (AvgIpc) is 3.03. The molecule has 9 nitrogen and oxygen atoms in total. The van der Waals surface area contributed by atoms with Gasteiger partial charge < -0.3 is 14.6 Å². The van der Waals surface area contributed by atoms with Crippen LogP contribution in [0.3, 0.4) is 0 Å². The van der Waals surface area contributed by atoms with E-state index in [1.165, 1.54) is 31.4 Å². The summed E-state index contributed by atoms with van der Waals surface area (Å²) in [6.07, 6.45) is 5.56. The molecule has 0 bridgehead atoms. The van der Waals surface area contributed by atoms with Crippen LogP contribution in [0.2, 0.25) is 0 Å². The van der Waals surface area contributed by atoms with E-state index in [2.05, 4.69) is 20.2 Å². The summed E-state index contributed by atoms with van der Waals surface area (Å²) in [5, 5.41) is 7.20. The van der Waals surface area contributed by atoms with E-state index in [-0.39, 0.29) is 24.0 Å². The molecule has 3 rings (SSSR count). The highest BCUT2D eigenvalue weighted by Crippen LogP contribution is 2.35. The predicted octanol–water partition coefficient (Wildman–Crippen LogP) is 2.28. The molecule has 10 heteroatoms. The normalized spacial score (nSPS) is 16.7. The van der Waals surface area contributed by atoms with E-state index in [4.69, 9.17) is 9.26 Å². The first-order valence-electron chi connectivity index (χ1n) is 10.1. The van der Waals surface area contributed by atoms with Crippen molar-refractivity contribution in [1.29, 1.82) is 0 Å². The minimum atomic E-state index is -3.65. The lowest BCUT2D eigenvalue weighted by molar-refractivity contribution is 0.0876. The van der Waals surface area contributed by atoms with Crippen molar-refractivity contribution in [1.82, 2.24) is 20.2 Å². The van der Waals surface area contributed by atoms with Crippen LogP contribution in [0.1, 0.15) is 60.6 Å². The minimum Gasteiger partial charge on any atom is -0.383 e. The fourth-order valence-corrected chi connectivity index (χ4v) is 4.68.